The first-order valence-corrected chi connectivity index (χ1v) is 15.2. The average molecular weight is 565 g/mol. The van der Waals surface area contributed by atoms with Crippen molar-refractivity contribution in [2.75, 3.05) is 6.54 Å². The van der Waals surface area contributed by atoms with Crippen molar-refractivity contribution >= 4 is 26.7 Å². The Morgan fingerprint density at radius 3 is 2.40 bits per heavy atom. The third kappa shape index (κ3) is 7.16. The van der Waals surface area contributed by atoms with Crippen LogP contribution in [0.1, 0.15) is 65.2 Å². The van der Waals surface area contributed by atoms with Gasteiger partial charge in [0.1, 0.15) is 18.0 Å². The van der Waals surface area contributed by atoms with Crippen molar-refractivity contribution in [2.45, 2.75) is 58.2 Å². The monoisotopic (exact) mass is 564 g/mol. The van der Waals surface area contributed by atoms with E-state index in [0.29, 0.717) is 29.5 Å². The maximum atomic E-state index is 13.3. The Bertz CT molecular complexity index is 1380. The summed E-state index contributed by atoms with van der Waals surface area (Å²) in [5, 5.41) is 18.2. The lowest BCUT2D eigenvalue weighted by Crippen LogP contribution is -2.58. The van der Waals surface area contributed by atoms with E-state index in [1.807, 2.05) is 31.3 Å². The summed E-state index contributed by atoms with van der Waals surface area (Å²) in [7, 11) is -0.517. The standard InChI is InChI=1S/C29H36N4O6Si/c1-19(34)20-6-8-21(9-7-20)27(36)30-15-26(35)40-18-22-10-11-25(38-17-24-12-13-31-32(24)5)14-23(22)16-33(40)28(37)39-29(2,3)4/h6-14,26,35,40H,15-18H2,1-5H3,(H,30,36)/t26-,40-/m0/s1. The van der Waals surface area contributed by atoms with Crippen molar-refractivity contribution in [3.63, 3.8) is 0 Å². The molecule has 0 aliphatic carbocycles. The normalized spacial score (nSPS) is 15.7. The van der Waals surface area contributed by atoms with Crippen LogP contribution in [0.4, 0.5) is 4.79 Å². The Hall–Kier alpha value is -3.96. The molecule has 2 atom stereocenters. The molecule has 0 saturated carbocycles. The van der Waals surface area contributed by atoms with Crippen LogP contribution >= 0.6 is 0 Å². The lowest BCUT2D eigenvalue weighted by molar-refractivity contribution is 0.0350. The molecule has 1 aliphatic heterocycles. The Morgan fingerprint density at radius 1 is 1.07 bits per heavy atom. The molecule has 0 saturated heterocycles. The summed E-state index contributed by atoms with van der Waals surface area (Å²) < 4.78 is 15.1. The first kappa shape index (κ1) is 29.0. The van der Waals surface area contributed by atoms with E-state index in [0.717, 1.165) is 16.8 Å². The molecule has 11 heteroatoms. The van der Waals surface area contributed by atoms with Gasteiger partial charge in [0.25, 0.3) is 5.91 Å². The number of fused-ring (bicyclic) bond motifs is 1. The fourth-order valence-electron chi connectivity index (χ4n) is 4.53. The molecule has 0 fully saturated rings. The number of hydrogen-bond donors (Lipinski definition) is 2. The van der Waals surface area contributed by atoms with Gasteiger partial charge in [0, 0.05) is 37.5 Å². The number of aliphatic hydroxyl groups excluding tert-OH is 1. The summed E-state index contributed by atoms with van der Waals surface area (Å²) in [6, 6.07) is 14.5. The number of Topliss-reactive ketones (excluding diaryl/α,β-unsaturated/α-hetero) is 1. The first-order valence-electron chi connectivity index (χ1n) is 13.2. The number of ketones is 1. The van der Waals surface area contributed by atoms with E-state index in [1.54, 1.807) is 60.5 Å². The first-order chi connectivity index (χ1) is 18.9. The van der Waals surface area contributed by atoms with E-state index in [4.69, 9.17) is 9.47 Å². The number of carbonyl (C=O) groups excluding carboxylic acids is 3. The van der Waals surface area contributed by atoms with Gasteiger partial charge in [-0.2, -0.15) is 5.10 Å². The molecular formula is C29H36N4O6Si. The molecule has 0 unspecified atom stereocenters. The molecule has 212 valence electrons. The predicted molar refractivity (Wildman–Crippen MR) is 151 cm³/mol. The van der Waals surface area contributed by atoms with Gasteiger partial charge >= 0.3 is 6.09 Å². The summed E-state index contributed by atoms with van der Waals surface area (Å²) in [4.78, 5) is 37.5. The van der Waals surface area contributed by atoms with Gasteiger partial charge in [-0.05, 0) is 75.2 Å². The SMILES string of the molecule is CC(=O)c1ccc(C(=O)NC[C@@H](O)[Si@@H]2Cc3ccc(OCc4ccnn4C)cc3CN2C(=O)OC(C)(C)C)cc1. The third-order valence-corrected chi connectivity index (χ3v) is 9.93. The Kier molecular flexibility index (Phi) is 8.75. The second-order valence-electron chi connectivity index (χ2n) is 11.0. The second kappa shape index (κ2) is 12.1. The number of carbonyl (C=O) groups is 3. The molecule has 4 rings (SSSR count). The van der Waals surface area contributed by atoms with E-state index in [2.05, 4.69) is 10.4 Å². The summed E-state index contributed by atoms with van der Waals surface area (Å²) in [6.07, 6.45) is 1.23. The van der Waals surface area contributed by atoms with E-state index in [1.165, 1.54) is 6.92 Å². The molecule has 3 aromatic rings. The molecule has 1 aromatic heterocycles. The van der Waals surface area contributed by atoms with Crippen LogP contribution in [0.2, 0.25) is 0 Å². The number of aryl methyl sites for hydroxylation is 1. The fraction of sp³-hybridized carbons (Fsp3) is 0.379. The highest BCUT2D eigenvalue weighted by atomic mass is 28.3. The van der Waals surface area contributed by atoms with E-state index < -0.39 is 26.4 Å². The highest BCUT2D eigenvalue weighted by Crippen LogP contribution is 2.28. The zero-order chi connectivity index (χ0) is 29.0. The van der Waals surface area contributed by atoms with E-state index in [9.17, 15) is 19.5 Å². The molecule has 2 amide bonds. The summed E-state index contributed by atoms with van der Waals surface area (Å²) >= 11 is 0. The molecule has 0 spiro atoms. The smallest absolute Gasteiger partial charge is 0.402 e. The van der Waals surface area contributed by atoms with Gasteiger partial charge in [0.15, 0.2) is 14.7 Å². The van der Waals surface area contributed by atoms with Crippen LogP contribution in [-0.4, -0.2) is 64.1 Å². The minimum Gasteiger partial charge on any atom is -0.487 e. The van der Waals surface area contributed by atoms with Gasteiger partial charge < -0.3 is 24.5 Å². The van der Waals surface area contributed by atoms with E-state index >= 15 is 0 Å². The zero-order valence-corrected chi connectivity index (χ0v) is 24.7. The largest absolute Gasteiger partial charge is 0.487 e. The van der Waals surface area contributed by atoms with Crippen LogP contribution in [0.25, 0.3) is 0 Å². The van der Waals surface area contributed by atoms with Crippen LogP contribution in [0.3, 0.4) is 0 Å². The van der Waals surface area contributed by atoms with Crippen molar-refractivity contribution in [1.29, 1.82) is 0 Å². The lowest BCUT2D eigenvalue weighted by Gasteiger charge is -2.39. The molecule has 0 radical (unpaired) electrons. The Balaban J connectivity index is 1.48. The number of aromatic nitrogens is 2. The minimum absolute atomic E-state index is 0.00922. The predicted octanol–water partition coefficient (Wildman–Crippen LogP) is 3.09. The summed E-state index contributed by atoms with van der Waals surface area (Å²) in [6.45, 7) is 7.50. The van der Waals surface area contributed by atoms with E-state index in [-0.39, 0.29) is 24.8 Å². The van der Waals surface area contributed by atoms with Crippen LogP contribution in [0.5, 0.6) is 5.75 Å². The van der Waals surface area contributed by atoms with Gasteiger partial charge in [0.05, 0.1) is 11.4 Å². The Labute approximate surface area is 235 Å². The van der Waals surface area contributed by atoms with Crippen molar-refractivity contribution < 1.29 is 29.0 Å². The molecule has 1 aliphatic rings. The molecule has 0 bridgehead atoms. The van der Waals surface area contributed by atoms with Crippen molar-refractivity contribution in [1.82, 2.24) is 19.7 Å². The number of rotatable bonds is 8. The van der Waals surface area contributed by atoms with Crippen LogP contribution in [0.15, 0.2) is 54.7 Å². The molecule has 2 aromatic carbocycles. The fourth-order valence-corrected chi connectivity index (χ4v) is 7.43. The van der Waals surface area contributed by atoms with Crippen molar-refractivity contribution in [3.8, 4) is 5.75 Å². The number of nitrogens with zero attached hydrogens (tertiary/aromatic N) is 3. The molecule has 10 nitrogen and oxygen atoms in total. The number of hydrogen-bond acceptors (Lipinski definition) is 7. The highest BCUT2D eigenvalue weighted by molar-refractivity contribution is 6.59. The second-order valence-corrected chi connectivity index (χ2v) is 13.9. The summed E-state index contributed by atoms with van der Waals surface area (Å²) in [5.74, 6) is 0.228. The maximum Gasteiger partial charge on any atom is 0.402 e. The van der Waals surface area contributed by atoms with Gasteiger partial charge in [-0.25, -0.2) is 4.79 Å². The molecular weight excluding hydrogens is 528 g/mol. The molecule has 2 N–H and O–H groups in total. The van der Waals surface area contributed by atoms with Crippen LogP contribution < -0.4 is 10.1 Å². The van der Waals surface area contributed by atoms with Crippen LogP contribution in [0, 0.1) is 0 Å². The minimum atomic E-state index is -2.37. The van der Waals surface area contributed by atoms with Crippen molar-refractivity contribution in [3.05, 3.63) is 82.7 Å². The quantitative estimate of drug-likeness (QED) is 0.318. The number of nitrogens with one attached hydrogen (secondary N) is 1. The molecule has 40 heavy (non-hydrogen) atoms. The van der Waals surface area contributed by atoms with Crippen LogP contribution in [-0.2, 0) is 31.0 Å². The van der Waals surface area contributed by atoms with Gasteiger partial charge in [-0.3, -0.25) is 14.3 Å². The van der Waals surface area contributed by atoms with Gasteiger partial charge in [-0.15, -0.1) is 0 Å². The van der Waals surface area contributed by atoms with Gasteiger partial charge in [-0.1, -0.05) is 18.2 Å². The number of ether oxygens (including phenoxy) is 2. The third-order valence-electron chi connectivity index (χ3n) is 6.75. The number of aliphatic hydroxyl groups is 1. The van der Waals surface area contributed by atoms with Gasteiger partial charge in [0.2, 0.25) is 0 Å². The molecule has 2 heterocycles. The summed E-state index contributed by atoms with van der Waals surface area (Å²) in [5.41, 5.74) is 2.19. The average Bonchev–Trinajstić information content (AvgIpc) is 3.32. The lowest BCUT2D eigenvalue weighted by atomic mass is 10.1. The number of amides is 2. The Morgan fingerprint density at radius 2 is 1.77 bits per heavy atom. The zero-order valence-electron chi connectivity index (χ0n) is 23.5. The van der Waals surface area contributed by atoms with Crippen molar-refractivity contribution in [2.24, 2.45) is 7.05 Å². The maximum absolute atomic E-state index is 13.3. The highest BCUT2D eigenvalue weighted by Gasteiger charge is 2.38. The topological polar surface area (TPSA) is 123 Å². The number of benzene rings is 2.